The minimum absolute atomic E-state index is 0.0414. The Morgan fingerprint density at radius 1 is 0.900 bits per heavy atom. The average Bonchev–Trinajstić information content (AvgIpc) is 2.66. The lowest BCUT2D eigenvalue weighted by atomic mass is 9.99. The molecule has 0 rings (SSSR count). The van der Waals surface area contributed by atoms with Gasteiger partial charge in [-0.2, -0.15) is 0 Å². The second-order valence-corrected chi connectivity index (χ2v) is 7.28. The molecule has 172 valence electrons. The van der Waals surface area contributed by atoms with Gasteiger partial charge in [0.1, 0.15) is 18.1 Å². The van der Waals surface area contributed by atoms with Gasteiger partial charge in [-0.05, 0) is 26.2 Å². The van der Waals surface area contributed by atoms with Crippen LogP contribution in [-0.2, 0) is 24.0 Å². The van der Waals surface area contributed by atoms with Gasteiger partial charge < -0.3 is 37.6 Å². The first-order valence-corrected chi connectivity index (χ1v) is 9.67. The molecule has 0 aromatic rings. The average molecular weight is 431 g/mol. The monoisotopic (exact) mass is 431 g/mol. The van der Waals surface area contributed by atoms with Crippen molar-refractivity contribution in [2.45, 2.75) is 77.2 Å². The first-order valence-electron chi connectivity index (χ1n) is 9.67. The highest BCUT2D eigenvalue weighted by molar-refractivity contribution is 5.94. The van der Waals surface area contributed by atoms with Crippen LogP contribution in [-0.4, -0.2) is 70.1 Å². The number of nitrogens with one attached hydrogen (secondary N) is 3. The third-order valence-corrected chi connectivity index (χ3v) is 4.63. The normalized spacial score (nSPS) is 16.9. The van der Waals surface area contributed by atoms with E-state index in [1.807, 2.05) is 0 Å². The number of amides is 4. The molecule has 0 aromatic carbocycles. The topological polar surface area (TPSA) is 214 Å². The van der Waals surface area contributed by atoms with E-state index >= 15 is 0 Å². The SMILES string of the molecule is CCC(C)C(NC(=O)C(C)NC(=O)C(NC(=O)C(N)CCC(N)=O)C(C)O)C(=O)O. The van der Waals surface area contributed by atoms with Gasteiger partial charge in [-0.25, -0.2) is 4.79 Å². The smallest absolute Gasteiger partial charge is 0.326 e. The van der Waals surface area contributed by atoms with Gasteiger partial charge in [-0.15, -0.1) is 0 Å². The van der Waals surface area contributed by atoms with Gasteiger partial charge in [-0.1, -0.05) is 20.3 Å². The Labute approximate surface area is 175 Å². The molecule has 0 saturated heterocycles. The summed E-state index contributed by atoms with van der Waals surface area (Å²) in [6.45, 7) is 6.04. The fourth-order valence-corrected chi connectivity index (χ4v) is 2.42. The van der Waals surface area contributed by atoms with Crippen LogP contribution < -0.4 is 27.4 Å². The minimum Gasteiger partial charge on any atom is -0.480 e. The van der Waals surface area contributed by atoms with Crippen LogP contribution in [0.2, 0.25) is 0 Å². The Bertz CT molecular complexity index is 640. The molecule has 6 unspecified atom stereocenters. The second kappa shape index (κ2) is 12.8. The maximum absolute atomic E-state index is 12.4. The van der Waals surface area contributed by atoms with Crippen molar-refractivity contribution in [2.75, 3.05) is 0 Å². The van der Waals surface area contributed by atoms with E-state index in [1.54, 1.807) is 13.8 Å². The third-order valence-electron chi connectivity index (χ3n) is 4.63. The molecule has 30 heavy (non-hydrogen) atoms. The highest BCUT2D eigenvalue weighted by Gasteiger charge is 2.31. The van der Waals surface area contributed by atoms with Crippen LogP contribution in [0.3, 0.4) is 0 Å². The molecule has 0 heterocycles. The standard InChI is InChI=1S/C18H33N5O7/c1-5-8(2)13(18(29)30)22-15(26)9(3)21-17(28)14(10(4)24)23-16(27)11(19)6-7-12(20)25/h8-11,13-14,24H,5-7,19H2,1-4H3,(H2,20,25)(H,21,28)(H,22,26)(H,23,27)(H,29,30). The van der Waals surface area contributed by atoms with Crippen molar-refractivity contribution in [1.29, 1.82) is 0 Å². The summed E-state index contributed by atoms with van der Waals surface area (Å²) in [7, 11) is 0. The van der Waals surface area contributed by atoms with Crippen molar-refractivity contribution in [3.63, 3.8) is 0 Å². The van der Waals surface area contributed by atoms with E-state index in [2.05, 4.69) is 16.0 Å². The lowest BCUT2D eigenvalue weighted by Gasteiger charge is -2.26. The Balaban J connectivity index is 5.01. The predicted octanol–water partition coefficient (Wildman–Crippen LogP) is -2.43. The number of aliphatic hydroxyl groups excluding tert-OH is 1. The first kappa shape index (κ1) is 27.3. The number of aliphatic hydroxyl groups is 1. The number of carboxylic acids is 1. The first-order chi connectivity index (χ1) is 13.8. The van der Waals surface area contributed by atoms with E-state index in [9.17, 15) is 34.2 Å². The van der Waals surface area contributed by atoms with Crippen LogP contribution in [0.1, 0.15) is 47.0 Å². The van der Waals surface area contributed by atoms with Crippen LogP contribution in [0.5, 0.6) is 0 Å². The van der Waals surface area contributed by atoms with Gasteiger partial charge >= 0.3 is 5.97 Å². The van der Waals surface area contributed by atoms with Gasteiger partial charge in [0.2, 0.25) is 23.6 Å². The minimum atomic E-state index is -1.42. The molecule has 12 nitrogen and oxygen atoms in total. The van der Waals surface area contributed by atoms with Crippen LogP contribution in [0.25, 0.3) is 0 Å². The summed E-state index contributed by atoms with van der Waals surface area (Å²) in [5.41, 5.74) is 10.6. The molecule has 9 N–H and O–H groups in total. The summed E-state index contributed by atoms with van der Waals surface area (Å²) in [4.78, 5) is 58.9. The van der Waals surface area contributed by atoms with E-state index in [1.165, 1.54) is 13.8 Å². The van der Waals surface area contributed by atoms with E-state index < -0.39 is 59.9 Å². The predicted molar refractivity (Wildman–Crippen MR) is 107 cm³/mol. The lowest BCUT2D eigenvalue weighted by Crippen LogP contribution is -2.59. The summed E-state index contributed by atoms with van der Waals surface area (Å²) in [6.07, 6.45) is -0.970. The Morgan fingerprint density at radius 2 is 1.43 bits per heavy atom. The summed E-state index contributed by atoms with van der Waals surface area (Å²) >= 11 is 0. The number of hydrogen-bond acceptors (Lipinski definition) is 7. The largest absolute Gasteiger partial charge is 0.480 e. The highest BCUT2D eigenvalue weighted by Crippen LogP contribution is 2.08. The Morgan fingerprint density at radius 3 is 1.87 bits per heavy atom. The summed E-state index contributed by atoms with van der Waals surface area (Å²) in [5.74, 6) is -4.54. The maximum Gasteiger partial charge on any atom is 0.326 e. The number of hydrogen-bond donors (Lipinski definition) is 7. The van der Waals surface area contributed by atoms with Crippen LogP contribution in [0, 0.1) is 5.92 Å². The van der Waals surface area contributed by atoms with Crippen molar-refractivity contribution < 1.29 is 34.2 Å². The van der Waals surface area contributed by atoms with Gasteiger partial charge in [0, 0.05) is 6.42 Å². The quantitative estimate of drug-likeness (QED) is 0.166. The Kier molecular flexibility index (Phi) is 11.6. The van der Waals surface area contributed by atoms with Crippen molar-refractivity contribution in [2.24, 2.45) is 17.4 Å². The number of aliphatic carboxylic acids is 1. The van der Waals surface area contributed by atoms with Gasteiger partial charge in [-0.3, -0.25) is 19.2 Å². The van der Waals surface area contributed by atoms with Crippen molar-refractivity contribution in [3.8, 4) is 0 Å². The van der Waals surface area contributed by atoms with Crippen LogP contribution in [0.4, 0.5) is 0 Å². The van der Waals surface area contributed by atoms with E-state index in [-0.39, 0.29) is 18.8 Å². The molecule has 6 atom stereocenters. The van der Waals surface area contributed by atoms with Crippen molar-refractivity contribution in [1.82, 2.24) is 16.0 Å². The van der Waals surface area contributed by atoms with Crippen LogP contribution >= 0.6 is 0 Å². The molecule has 0 aliphatic rings. The van der Waals surface area contributed by atoms with Gasteiger partial charge in [0.25, 0.3) is 0 Å². The second-order valence-electron chi connectivity index (χ2n) is 7.28. The molecular weight excluding hydrogens is 398 g/mol. The van der Waals surface area contributed by atoms with Gasteiger partial charge in [0.15, 0.2) is 0 Å². The molecule has 0 aromatic heterocycles. The van der Waals surface area contributed by atoms with E-state index in [4.69, 9.17) is 11.5 Å². The van der Waals surface area contributed by atoms with Crippen molar-refractivity contribution >= 4 is 29.6 Å². The zero-order chi connectivity index (χ0) is 23.6. The summed E-state index contributed by atoms with van der Waals surface area (Å²) < 4.78 is 0. The molecule has 0 aliphatic carbocycles. The lowest BCUT2D eigenvalue weighted by molar-refractivity contribution is -0.143. The van der Waals surface area contributed by atoms with Crippen LogP contribution in [0.15, 0.2) is 0 Å². The number of rotatable bonds is 13. The summed E-state index contributed by atoms with van der Waals surface area (Å²) in [5, 5.41) is 26.0. The molecule has 0 bridgehead atoms. The van der Waals surface area contributed by atoms with E-state index in [0.29, 0.717) is 6.42 Å². The number of primary amides is 1. The highest BCUT2D eigenvalue weighted by atomic mass is 16.4. The fraction of sp³-hybridized carbons (Fsp3) is 0.722. The number of nitrogens with two attached hydrogens (primary N) is 2. The number of carboxylic acid groups (broad SMARTS) is 1. The van der Waals surface area contributed by atoms with E-state index in [0.717, 1.165) is 0 Å². The molecule has 0 radical (unpaired) electrons. The third kappa shape index (κ3) is 9.18. The zero-order valence-corrected chi connectivity index (χ0v) is 17.7. The molecule has 0 fully saturated rings. The maximum atomic E-state index is 12.4. The Hall–Kier alpha value is -2.73. The molecule has 0 saturated carbocycles. The number of carbonyl (C=O) groups is 5. The summed E-state index contributed by atoms with van der Waals surface area (Å²) in [6, 6.07) is -4.81. The molecule has 4 amide bonds. The zero-order valence-electron chi connectivity index (χ0n) is 17.7. The molecular formula is C18H33N5O7. The van der Waals surface area contributed by atoms with Gasteiger partial charge in [0.05, 0.1) is 12.1 Å². The fourth-order valence-electron chi connectivity index (χ4n) is 2.42. The molecule has 0 aliphatic heterocycles. The van der Waals surface area contributed by atoms with Crippen molar-refractivity contribution in [3.05, 3.63) is 0 Å². The molecule has 0 spiro atoms. The number of carbonyl (C=O) groups excluding carboxylic acids is 4. The molecule has 12 heteroatoms.